The van der Waals surface area contributed by atoms with Crippen molar-refractivity contribution >= 4 is 23.6 Å². The molecule has 2 amide bonds. The lowest BCUT2D eigenvalue weighted by atomic mass is 10.1. The number of amides is 2. The van der Waals surface area contributed by atoms with E-state index in [2.05, 4.69) is 5.32 Å². The molecule has 84 valence electrons. The van der Waals surface area contributed by atoms with Crippen molar-refractivity contribution in [2.75, 3.05) is 0 Å². The summed E-state index contributed by atoms with van der Waals surface area (Å²) in [5.41, 5.74) is 1.21. The third-order valence-corrected chi connectivity index (χ3v) is 3.83. The number of nitrogens with one attached hydrogen (secondary N) is 1. The van der Waals surface area contributed by atoms with Crippen molar-refractivity contribution in [2.45, 2.75) is 23.8 Å². The van der Waals surface area contributed by atoms with Crippen LogP contribution in [0.4, 0.5) is 0 Å². The van der Waals surface area contributed by atoms with Gasteiger partial charge in [-0.25, -0.2) is 0 Å². The highest BCUT2D eigenvalue weighted by Gasteiger charge is 2.26. The quantitative estimate of drug-likeness (QED) is 0.811. The summed E-state index contributed by atoms with van der Waals surface area (Å²) in [6.07, 6.45) is 1.11. The van der Waals surface area contributed by atoms with Gasteiger partial charge in [-0.05, 0) is 12.0 Å². The predicted molar refractivity (Wildman–Crippen MR) is 63.9 cm³/mol. The van der Waals surface area contributed by atoms with Gasteiger partial charge in [0.25, 0.3) is 0 Å². The van der Waals surface area contributed by atoms with Crippen LogP contribution in [0.5, 0.6) is 0 Å². The SMILES string of the molecule is O=C1CCC(SCc2ccccc2)C(=O)N1. The summed E-state index contributed by atoms with van der Waals surface area (Å²) in [6.45, 7) is 0. The summed E-state index contributed by atoms with van der Waals surface area (Å²) in [5, 5.41) is 2.28. The van der Waals surface area contributed by atoms with Gasteiger partial charge in [-0.3, -0.25) is 14.9 Å². The number of carbonyl (C=O) groups is 2. The molecule has 1 saturated heterocycles. The molecule has 1 heterocycles. The molecule has 1 fully saturated rings. The van der Waals surface area contributed by atoms with Gasteiger partial charge >= 0.3 is 0 Å². The van der Waals surface area contributed by atoms with E-state index in [0.29, 0.717) is 12.8 Å². The molecule has 3 nitrogen and oxygen atoms in total. The molecule has 0 aliphatic carbocycles. The van der Waals surface area contributed by atoms with Crippen molar-refractivity contribution in [3.05, 3.63) is 35.9 Å². The van der Waals surface area contributed by atoms with Crippen LogP contribution in [0, 0.1) is 0 Å². The molecule has 16 heavy (non-hydrogen) atoms. The summed E-state index contributed by atoms with van der Waals surface area (Å²) in [7, 11) is 0. The minimum absolute atomic E-state index is 0.0853. The Morgan fingerprint density at radius 1 is 1.25 bits per heavy atom. The zero-order chi connectivity index (χ0) is 11.4. The van der Waals surface area contributed by atoms with Crippen molar-refractivity contribution < 1.29 is 9.59 Å². The summed E-state index contributed by atoms with van der Waals surface area (Å²) in [4.78, 5) is 22.4. The molecule has 0 bridgehead atoms. The van der Waals surface area contributed by atoms with E-state index >= 15 is 0 Å². The number of piperidine rings is 1. The fourth-order valence-electron chi connectivity index (χ4n) is 1.60. The van der Waals surface area contributed by atoms with Crippen LogP contribution in [0.3, 0.4) is 0 Å². The van der Waals surface area contributed by atoms with Gasteiger partial charge in [0.05, 0.1) is 5.25 Å². The van der Waals surface area contributed by atoms with Crippen LogP contribution in [0.25, 0.3) is 0 Å². The van der Waals surface area contributed by atoms with Crippen molar-refractivity contribution in [2.24, 2.45) is 0 Å². The zero-order valence-electron chi connectivity index (χ0n) is 8.81. The first-order valence-corrected chi connectivity index (χ1v) is 6.30. The Bertz CT molecular complexity index is 391. The number of carbonyl (C=O) groups excluding carboxylic acids is 2. The van der Waals surface area contributed by atoms with Crippen LogP contribution in [-0.2, 0) is 15.3 Å². The smallest absolute Gasteiger partial charge is 0.239 e. The van der Waals surface area contributed by atoms with Gasteiger partial charge in [-0.1, -0.05) is 30.3 Å². The Morgan fingerprint density at radius 3 is 2.69 bits per heavy atom. The number of benzene rings is 1. The molecule has 1 unspecified atom stereocenters. The molecule has 1 aromatic rings. The second-order valence-corrected chi connectivity index (χ2v) is 4.93. The summed E-state index contributed by atoms with van der Waals surface area (Å²) < 4.78 is 0. The van der Waals surface area contributed by atoms with Crippen LogP contribution in [0.2, 0.25) is 0 Å². The van der Waals surface area contributed by atoms with Gasteiger partial charge in [0.2, 0.25) is 11.8 Å². The average Bonchev–Trinajstić information content (AvgIpc) is 2.29. The lowest BCUT2D eigenvalue weighted by Crippen LogP contribution is -2.42. The van der Waals surface area contributed by atoms with E-state index < -0.39 is 0 Å². The Kier molecular flexibility index (Phi) is 3.62. The minimum Gasteiger partial charge on any atom is -0.295 e. The largest absolute Gasteiger partial charge is 0.295 e. The molecular weight excluding hydrogens is 222 g/mol. The van der Waals surface area contributed by atoms with Gasteiger partial charge in [-0.2, -0.15) is 0 Å². The molecule has 1 aromatic carbocycles. The van der Waals surface area contributed by atoms with Crippen molar-refractivity contribution in [3.63, 3.8) is 0 Å². The van der Waals surface area contributed by atoms with Gasteiger partial charge in [0.15, 0.2) is 0 Å². The van der Waals surface area contributed by atoms with Crippen LogP contribution < -0.4 is 5.32 Å². The monoisotopic (exact) mass is 235 g/mol. The normalized spacial score (nSPS) is 20.6. The van der Waals surface area contributed by atoms with E-state index in [1.165, 1.54) is 5.56 Å². The van der Waals surface area contributed by atoms with Crippen molar-refractivity contribution in [3.8, 4) is 0 Å². The van der Waals surface area contributed by atoms with Crippen molar-refractivity contribution in [1.29, 1.82) is 0 Å². The lowest BCUT2D eigenvalue weighted by molar-refractivity contribution is -0.132. The second-order valence-electron chi connectivity index (χ2n) is 3.74. The third-order valence-electron chi connectivity index (χ3n) is 2.48. The Balaban J connectivity index is 1.87. The maximum Gasteiger partial charge on any atom is 0.239 e. The van der Waals surface area contributed by atoms with Crippen LogP contribution in [0.1, 0.15) is 18.4 Å². The number of thioether (sulfide) groups is 1. The van der Waals surface area contributed by atoms with E-state index in [-0.39, 0.29) is 17.1 Å². The molecular formula is C12H13NO2S. The van der Waals surface area contributed by atoms with E-state index in [1.54, 1.807) is 11.8 Å². The van der Waals surface area contributed by atoms with Gasteiger partial charge < -0.3 is 0 Å². The molecule has 0 radical (unpaired) electrons. The number of rotatable bonds is 3. The van der Waals surface area contributed by atoms with Crippen LogP contribution in [0.15, 0.2) is 30.3 Å². The predicted octanol–water partition coefficient (Wildman–Crippen LogP) is 1.72. The fraction of sp³-hybridized carbons (Fsp3) is 0.333. The third kappa shape index (κ3) is 2.85. The Hall–Kier alpha value is -1.29. The molecule has 1 N–H and O–H groups in total. The van der Waals surface area contributed by atoms with Gasteiger partial charge in [0.1, 0.15) is 0 Å². The molecule has 1 atom stereocenters. The van der Waals surface area contributed by atoms with E-state index in [0.717, 1.165) is 5.75 Å². The number of hydrogen-bond acceptors (Lipinski definition) is 3. The molecule has 0 spiro atoms. The maximum absolute atomic E-state index is 11.5. The minimum atomic E-state index is -0.151. The van der Waals surface area contributed by atoms with Crippen molar-refractivity contribution in [1.82, 2.24) is 5.32 Å². The first-order chi connectivity index (χ1) is 7.75. The topological polar surface area (TPSA) is 46.2 Å². The summed E-state index contributed by atoms with van der Waals surface area (Å²) in [5.74, 6) is 0.520. The maximum atomic E-state index is 11.5. The van der Waals surface area contributed by atoms with Gasteiger partial charge in [-0.15, -0.1) is 11.8 Å². The molecule has 4 heteroatoms. The Labute approximate surface area is 98.6 Å². The lowest BCUT2D eigenvalue weighted by Gasteiger charge is -2.20. The highest BCUT2D eigenvalue weighted by Crippen LogP contribution is 2.23. The summed E-state index contributed by atoms with van der Waals surface area (Å²) in [6, 6.07) is 10.0. The molecule has 0 saturated carbocycles. The zero-order valence-corrected chi connectivity index (χ0v) is 9.63. The molecule has 0 aromatic heterocycles. The first kappa shape index (κ1) is 11.2. The highest BCUT2D eigenvalue weighted by atomic mass is 32.2. The van der Waals surface area contributed by atoms with E-state index in [9.17, 15) is 9.59 Å². The molecule has 1 aliphatic heterocycles. The fourth-order valence-corrected chi connectivity index (χ4v) is 2.68. The molecule has 1 aliphatic rings. The number of imide groups is 1. The summed E-state index contributed by atoms with van der Waals surface area (Å²) >= 11 is 1.60. The van der Waals surface area contributed by atoms with E-state index in [1.807, 2.05) is 30.3 Å². The van der Waals surface area contributed by atoms with E-state index in [4.69, 9.17) is 0 Å². The highest BCUT2D eigenvalue weighted by molar-refractivity contribution is 7.99. The van der Waals surface area contributed by atoms with Crippen LogP contribution >= 0.6 is 11.8 Å². The first-order valence-electron chi connectivity index (χ1n) is 5.25. The van der Waals surface area contributed by atoms with Gasteiger partial charge in [0, 0.05) is 12.2 Å². The number of hydrogen-bond donors (Lipinski definition) is 1. The average molecular weight is 235 g/mol. The standard InChI is InChI=1S/C12H13NO2S/c14-11-7-6-10(12(15)13-11)16-8-9-4-2-1-3-5-9/h1-5,10H,6-8H2,(H,13,14,15). The second kappa shape index (κ2) is 5.16. The van der Waals surface area contributed by atoms with Crippen LogP contribution in [-0.4, -0.2) is 17.1 Å². The molecule has 2 rings (SSSR count). The Morgan fingerprint density at radius 2 is 2.00 bits per heavy atom.